The lowest BCUT2D eigenvalue weighted by Crippen LogP contribution is -2.29. The lowest BCUT2D eigenvalue weighted by Gasteiger charge is -2.07. The van der Waals surface area contributed by atoms with Crippen LogP contribution in [0.2, 0.25) is 0 Å². The largest absolute Gasteiger partial charge is 0.488 e. The van der Waals surface area contributed by atoms with Gasteiger partial charge in [-0.05, 0) is 115 Å². The Bertz CT molecular complexity index is 4750. The third kappa shape index (κ3) is 5.66. The smallest absolute Gasteiger partial charge is 0.452 e. The molecule has 0 saturated heterocycles. The van der Waals surface area contributed by atoms with Crippen LogP contribution in [0.25, 0.3) is 143 Å². The van der Waals surface area contributed by atoms with E-state index in [1.807, 2.05) is 24.3 Å². The number of rotatable bonds is 3. The van der Waals surface area contributed by atoms with Crippen molar-refractivity contribution in [3.05, 3.63) is 199 Å². The van der Waals surface area contributed by atoms with Gasteiger partial charge in [-0.15, -0.1) is 0 Å². The van der Waals surface area contributed by atoms with Crippen molar-refractivity contribution in [3.8, 4) is 11.4 Å². The summed E-state index contributed by atoms with van der Waals surface area (Å²) < 4.78 is 30.8. The molecule has 0 aliphatic heterocycles. The highest BCUT2D eigenvalue weighted by atomic mass is 79.9. The number of hydrogen-bond acceptors (Lipinski definition) is 6. The molecule has 2 N–H and O–H groups in total. The molecule has 330 valence electrons. The van der Waals surface area contributed by atoms with Gasteiger partial charge in [-0.3, -0.25) is 0 Å². The van der Waals surface area contributed by atoms with Crippen LogP contribution in [0.1, 0.15) is 0 Å². The number of hydrogen-bond donors (Lipinski definition) is 2. The second kappa shape index (κ2) is 14.7. The maximum Gasteiger partial charge on any atom is 0.488 e. The molecule has 0 spiro atoms. The molecule has 6 aromatic heterocycles. The minimum Gasteiger partial charge on any atom is -0.452 e. The molecule has 16 aromatic rings. The van der Waals surface area contributed by atoms with Crippen molar-refractivity contribution in [3.63, 3.8) is 0 Å². The van der Waals surface area contributed by atoms with Gasteiger partial charge in [0, 0.05) is 80.5 Å². The fraction of sp³-hybridized carbons (Fsp3) is 0. The molecule has 0 unspecified atom stereocenters. The predicted molar refractivity (Wildman–Crippen MR) is 288 cm³/mol. The number of halogens is 1. The molecule has 10 aromatic carbocycles. The number of para-hydroxylation sites is 4. The van der Waals surface area contributed by atoms with Crippen LogP contribution in [-0.2, 0) is 0 Å². The van der Waals surface area contributed by atoms with Crippen LogP contribution < -0.4 is 5.46 Å². The molecule has 0 atom stereocenters. The fourth-order valence-corrected chi connectivity index (χ4v) is 11.3. The number of nitrogens with zero attached hydrogens (tertiary/aromatic N) is 2. The Hall–Kier alpha value is -8.54. The van der Waals surface area contributed by atoms with E-state index in [0.29, 0.717) is 22.2 Å². The molecule has 16 rings (SSSR count). The molecule has 0 bridgehead atoms. The summed E-state index contributed by atoms with van der Waals surface area (Å²) in [6.07, 6.45) is 0. The summed E-state index contributed by atoms with van der Waals surface area (Å²) in [6.45, 7) is 0. The van der Waals surface area contributed by atoms with E-state index in [9.17, 15) is 10.0 Å². The van der Waals surface area contributed by atoms with E-state index in [1.54, 1.807) is 18.2 Å². The highest BCUT2D eigenvalue weighted by Crippen LogP contribution is 2.43. The predicted octanol–water partition coefficient (Wildman–Crippen LogP) is 15.6. The molecule has 0 radical (unpaired) electrons. The van der Waals surface area contributed by atoms with Crippen molar-refractivity contribution in [1.82, 2.24) is 9.13 Å². The second-order valence-electron chi connectivity index (χ2n) is 17.9. The molecule has 8 nitrogen and oxygen atoms in total. The van der Waals surface area contributed by atoms with Gasteiger partial charge >= 0.3 is 7.12 Å². The normalized spacial score (nSPS) is 12.2. The first kappa shape index (κ1) is 39.5. The standard InChI is InChI=1S/C30H18BNO4.C30H16BrNO2/c33-31(34)17-9-13-27-23(15-17)21-11-12-22-24-16-18(10-14-28(24)36-30(22)29(21)35-27)32-25-7-3-1-5-19(25)20-6-2-4-8-26(20)32;31-17-9-13-27-23(15-17)21-11-12-22-24-16-18(10-14-28(24)34-30(22)29(21)33-27)32-25-7-3-1-5-19(25)20-6-2-4-8-26(20)32/h1-16,33-34H;1-16H. The molecule has 70 heavy (non-hydrogen) atoms. The van der Waals surface area contributed by atoms with Crippen LogP contribution in [0.3, 0.4) is 0 Å². The zero-order chi connectivity index (χ0) is 46.4. The number of furan rings is 4. The monoisotopic (exact) mass is 968 g/mol. The van der Waals surface area contributed by atoms with Gasteiger partial charge in [0.1, 0.15) is 22.3 Å². The summed E-state index contributed by atoms with van der Waals surface area (Å²) in [4.78, 5) is 0. The Balaban J connectivity index is 0.000000126. The van der Waals surface area contributed by atoms with Crippen LogP contribution in [0, 0.1) is 0 Å². The number of benzene rings is 10. The van der Waals surface area contributed by atoms with E-state index in [1.165, 1.54) is 32.6 Å². The highest BCUT2D eigenvalue weighted by Gasteiger charge is 2.21. The summed E-state index contributed by atoms with van der Waals surface area (Å²) in [7, 11) is -1.53. The van der Waals surface area contributed by atoms with E-state index >= 15 is 0 Å². The van der Waals surface area contributed by atoms with E-state index in [-0.39, 0.29) is 0 Å². The van der Waals surface area contributed by atoms with Crippen LogP contribution in [0.4, 0.5) is 0 Å². The molecule has 0 aliphatic carbocycles. The molecular weight excluding hydrogens is 935 g/mol. The Kier molecular flexibility index (Phi) is 8.31. The second-order valence-corrected chi connectivity index (χ2v) is 18.8. The lowest BCUT2D eigenvalue weighted by atomic mass is 9.80. The van der Waals surface area contributed by atoms with Gasteiger partial charge in [0.15, 0.2) is 22.3 Å². The van der Waals surface area contributed by atoms with Gasteiger partial charge in [0.2, 0.25) is 0 Å². The van der Waals surface area contributed by atoms with Crippen LogP contribution in [-0.4, -0.2) is 26.3 Å². The first-order valence-electron chi connectivity index (χ1n) is 23.1. The average Bonchev–Trinajstić information content (AvgIpc) is 4.25. The summed E-state index contributed by atoms with van der Waals surface area (Å²) in [5, 5.41) is 32.1. The zero-order valence-electron chi connectivity index (χ0n) is 36.9. The van der Waals surface area contributed by atoms with Gasteiger partial charge in [0.05, 0.1) is 22.1 Å². The highest BCUT2D eigenvalue weighted by molar-refractivity contribution is 9.10. The number of fused-ring (bicyclic) bond motifs is 20. The van der Waals surface area contributed by atoms with Crippen molar-refractivity contribution < 1.29 is 27.7 Å². The van der Waals surface area contributed by atoms with Crippen molar-refractivity contribution in [2.45, 2.75) is 0 Å². The molecule has 0 amide bonds. The zero-order valence-corrected chi connectivity index (χ0v) is 38.4. The summed E-state index contributed by atoms with van der Waals surface area (Å²) in [5.74, 6) is 0. The van der Waals surface area contributed by atoms with Crippen LogP contribution in [0.5, 0.6) is 0 Å². The van der Waals surface area contributed by atoms with E-state index in [2.05, 4.69) is 177 Å². The molecule has 0 aliphatic rings. The maximum absolute atomic E-state index is 9.60. The van der Waals surface area contributed by atoms with E-state index < -0.39 is 7.12 Å². The molecule has 10 heteroatoms. The molecule has 0 saturated carbocycles. The SMILES string of the molecule is Brc1ccc2oc3c(ccc4c5cc(-n6c7ccccc7c7ccccc76)ccc5oc43)c2c1.OB(O)c1ccc2oc3c(ccc4c5cc(-n6c7ccccc7c7ccccc76)ccc5oc43)c2c1. The van der Waals surface area contributed by atoms with Crippen LogP contribution >= 0.6 is 15.9 Å². The Labute approximate surface area is 404 Å². The Morgan fingerprint density at radius 2 is 0.643 bits per heavy atom. The number of aromatic nitrogens is 2. The van der Waals surface area contributed by atoms with Crippen LogP contribution in [0.15, 0.2) is 216 Å². The van der Waals surface area contributed by atoms with Crippen molar-refractivity contribution in [2.75, 3.05) is 0 Å². The first-order chi connectivity index (χ1) is 34.4. The van der Waals surface area contributed by atoms with Gasteiger partial charge < -0.3 is 36.9 Å². The van der Waals surface area contributed by atoms with E-state index in [4.69, 9.17) is 17.7 Å². The molecular formula is C60H34BBrN2O6. The third-order valence-electron chi connectivity index (χ3n) is 14.1. The van der Waals surface area contributed by atoms with Gasteiger partial charge in [-0.2, -0.15) is 0 Å². The summed E-state index contributed by atoms with van der Waals surface area (Å²) >= 11 is 3.57. The third-order valence-corrected chi connectivity index (χ3v) is 14.6. The lowest BCUT2D eigenvalue weighted by molar-refractivity contribution is 0.426. The quantitative estimate of drug-likeness (QED) is 0.171. The average molecular weight is 970 g/mol. The summed E-state index contributed by atoms with van der Waals surface area (Å²) in [5.41, 5.74) is 13.4. The van der Waals surface area contributed by atoms with Gasteiger partial charge in [-0.25, -0.2) is 0 Å². The summed E-state index contributed by atoms with van der Waals surface area (Å²) in [6, 6.07) is 66.4. The minimum atomic E-state index is -1.53. The van der Waals surface area contributed by atoms with Crippen molar-refractivity contribution >= 4 is 160 Å². The molecule has 0 fully saturated rings. The molecule has 6 heterocycles. The Morgan fingerprint density at radius 1 is 0.314 bits per heavy atom. The van der Waals surface area contributed by atoms with Crippen molar-refractivity contribution in [1.29, 1.82) is 0 Å². The maximum atomic E-state index is 9.60. The van der Waals surface area contributed by atoms with Crippen molar-refractivity contribution in [2.24, 2.45) is 0 Å². The van der Waals surface area contributed by atoms with E-state index in [0.717, 1.165) is 97.9 Å². The minimum absolute atomic E-state index is 0.422. The first-order valence-corrected chi connectivity index (χ1v) is 23.8. The topological polar surface area (TPSA) is 103 Å². The van der Waals surface area contributed by atoms with Gasteiger partial charge in [0.25, 0.3) is 0 Å². The fourth-order valence-electron chi connectivity index (χ4n) is 10.9. The Morgan fingerprint density at radius 3 is 1.03 bits per heavy atom. The van der Waals surface area contributed by atoms with Gasteiger partial charge in [-0.1, -0.05) is 101 Å².